The van der Waals surface area contributed by atoms with E-state index in [1.807, 2.05) is 37.3 Å². The highest BCUT2D eigenvalue weighted by molar-refractivity contribution is 6.06. The second-order valence-corrected chi connectivity index (χ2v) is 7.57. The maximum atomic E-state index is 12.8. The highest BCUT2D eigenvalue weighted by atomic mass is 16.2. The Bertz CT molecular complexity index is 840. The predicted molar refractivity (Wildman–Crippen MR) is 104 cm³/mol. The standard InChI is InChI=1S/C20H25N5O/c1-13(2)18-21-14(3)12-17(23-18)25-10-8-20(9-11-25)19(26)22-15-6-4-5-7-16(15)24-20/h4-7,12-13,24H,8-11H2,1-3H3,(H,22,26). The lowest BCUT2D eigenvalue weighted by Gasteiger charge is -2.44. The number of fused-ring (bicyclic) bond motifs is 1. The van der Waals surface area contributed by atoms with Crippen molar-refractivity contribution in [2.45, 2.75) is 45.1 Å². The van der Waals surface area contributed by atoms with Gasteiger partial charge in [-0.25, -0.2) is 9.97 Å². The van der Waals surface area contributed by atoms with Gasteiger partial charge in [-0.3, -0.25) is 4.79 Å². The monoisotopic (exact) mass is 351 g/mol. The first-order valence-electron chi connectivity index (χ1n) is 9.26. The Kier molecular flexibility index (Phi) is 4.05. The van der Waals surface area contributed by atoms with E-state index in [-0.39, 0.29) is 5.91 Å². The molecule has 1 amide bonds. The van der Waals surface area contributed by atoms with Crippen molar-refractivity contribution in [2.24, 2.45) is 0 Å². The summed E-state index contributed by atoms with van der Waals surface area (Å²) in [5.41, 5.74) is 2.31. The van der Waals surface area contributed by atoms with Gasteiger partial charge in [0, 0.05) is 30.8 Å². The largest absolute Gasteiger partial charge is 0.369 e. The van der Waals surface area contributed by atoms with Crippen LogP contribution in [0.25, 0.3) is 0 Å². The van der Waals surface area contributed by atoms with E-state index >= 15 is 0 Å². The van der Waals surface area contributed by atoms with Crippen molar-refractivity contribution in [3.63, 3.8) is 0 Å². The summed E-state index contributed by atoms with van der Waals surface area (Å²) in [5.74, 6) is 2.21. The minimum atomic E-state index is -0.534. The summed E-state index contributed by atoms with van der Waals surface area (Å²) in [6, 6.07) is 9.91. The molecule has 1 aromatic heterocycles. The molecular formula is C20H25N5O. The molecule has 0 radical (unpaired) electrons. The number of nitrogens with zero attached hydrogens (tertiary/aromatic N) is 3. The van der Waals surface area contributed by atoms with Crippen molar-refractivity contribution in [2.75, 3.05) is 28.6 Å². The molecule has 3 heterocycles. The van der Waals surface area contributed by atoms with Gasteiger partial charge >= 0.3 is 0 Å². The maximum absolute atomic E-state index is 12.8. The molecule has 2 aromatic rings. The molecule has 0 unspecified atom stereocenters. The Balaban J connectivity index is 1.54. The van der Waals surface area contributed by atoms with Crippen LogP contribution in [0.5, 0.6) is 0 Å². The number of carbonyl (C=O) groups excluding carboxylic acids is 1. The lowest BCUT2D eigenvalue weighted by molar-refractivity contribution is -0.121. The van der Waals surface area contributed by atoms with Crippen molar-refractivity contribution in [3.05, 3.63) is 41.9 Å². The molecule has 0 bridgehead atoms. The van der Waals surface area contributed by atoms with Gasteiger partial charge in [0.2, 0.25) is 5.91 Å². The Morgan fingerprint density at radius 3 is 2.50 bits per heavy atom. The zero-order chi connectivity index (χ0) is 18.3. The van der Waals surface area contributed by atoms with Gasteiger partial charge in [0.15, 0.2) is 0 Å². The van der Waals surface area contributed by atoms with Crippen LogP contribution in [0, 0.1) is 6.92 Å². The number of aromatic nitrogens is 2. The molecule has 6 nitrogen and oxygen atoms in total. The molecule has 2 N–H and O–H groups in total. The van der Waals surface area contributed by atoms with Gasteiger partial charge in [0.25, 0.3) is 0 Å². The third-order valence-electron chi connectivity index (χ3n) is 5.30. The van der Waals surface area contributed by atoms with Crippen LogP contribution in [0.3, 0.4) is 0 Å². The zero-order valence-electron chi connectivity index (χ0n) is 15.5. The van der Waals surface area contributed by atoms with Gasteiger partial charge in [0.05, 0.1) is 11.4 Å². The van der Waals surface area contributed by atoms with E-state index < -0.39 is 5.54 Å². The number of hydrogen-bond acceptors (Lipinski definition) is 5. The van der Waals surface area contributed by atoms with Crippen LogP contribution in [0.4, 0.5) is 17.2 Å². The van der Waals surface area contributed by atoms with E-state index in [1.54, 1.807) is 0 Å². The average Bonchev–Trinajstić information content (AvgIpc) is 2.63. The van der Waals surface area contributed by atoms with Crippen LogP contribution in [-0.2, 0) is 4.79 Å². The Hall–Kier alpha value is -2.63. The van der Waals surface area contributed by atoms with Gasteiger partial charge in [-0.1, -0.05) is 26.0 Å². The summed E-state index contributed by atoms with van der Waals surface area (Å²) in [7, 11) is 0. The number of anilines is 3. The topological polar surface area (TPSA) is 70.2 Å². The molecule has 1 spiro atoms. The van der Waals surface area contributed by atoms with Crippen molar-refractivity contribution >= 4 is 23.1 Å². The Labute approximate surface area is 154 Å². The number of para-hydroxylation sites is 2. The third kappa shape index (κ3) is 2.89. The molecule has 0 atom stereocenters. The van der Waals surface area contributed by atoms with Crippen LogP contribution >= 0.6 is 0 Å². The molecule has 1 saturated heterocycles. The average molecular weight is 351 g/mol. The quantitative estimate of drug-likeness (QED) is 0.869. The number of amides is 1. The first kappa shape index (κ1) is 16.8. The van der Waals surface area contributed by atoms with Crippen molar-refractivity contribution in [3.8, 4) is 0 Å². The number of benzene rings is 1. The molecule has 2 aliphatic heterocycles. The van der Waals surface area contributed by atoms with Gasteiger partial charge in [0.1, 0.15) is 17.2 Å². The summed E-state index contributed by atoms with van der Waals surface area (Å²) in [4.78, 5) is 24.3. The first-order valence-corrected chi connectivity index (χ1v) is 9.26. The minimum Gasteiger partial charge on any atom is -0.369 e. The lowest BCUT2D eigenvalue weighted by atomic mass is 9.84. The smallest absolute Gasteiger partial charge is 0.250 e. The fourth-order valence-electron chi connectivity index (χ4n) is 3.72. The highest BCUT2D eigenvalue weighted by Gasteiger charge is 2.44. The molecule has 6 heteroatoms. The molecule has 4 rings (SSSR count). The van der Waals surface area contributed by atoms with Crippen molar-refractivity contribution in [1.29, 1.82) is 0 Å². The van der Waals surface area contributed by atoms with Gasteiger partial charge in [-0.15, -0.1) is 0 Å². The predicted octanol–water partition coefficient (Wildman–Crippen LogP) is 3.31. The lowest BCUT2D eigenvalue weighted by Crippen LogP contribution is -2.58. The van der Waals surface area contributed by atoms with E-state index in [4.69, 9.17) is 4.98 Å². The molecule has 26 heavy (non-hydrogen) atoms. The van der Waals surface area contributed by atoms with E-state index in [9.17, 15) is 4.79 Å². The van der Waals surface area contributed by atoms with E-state index in [1.165, 1.54) is 0 Å². The number of rotatable bonds is 2. The fraction of sp³-hybridized carbons (Fsp3) is 0.450. The number of nitrogens with one attached hydrogen (secondary N) is 2. The fourth-order valence-corrected chi connectivity index (χ4v) is 3.72. The zero-order valence-corrected chi connectivity index (χ0v) is 15.5. The van der Waals surface area contributed by atoms with Gasteiger partial charge in [-0.05, 0) is 31.9 Å². The van der Waals surface area contributed by atoms with E-state index in [2.05, 4.69) is 34.4 Å². The van der Waals surface area contributed by atoms with Crippen LogP contribution < -0.4 is 15.5 Å². The Morgan fingerprint density at radius 1 is 1.12 bits per heavy atom. The second kappa shape index (κ2) is 6.27. The second-order valence-electron chi connectivity index (χ2n) is 7.57. The van der Waals surface area contributed by atoms with E-state index in [0.717, 1.165) is 54.6 Å². The van der Waals surface area contributed by atoms with Crippen LogP contribution in [0.2, 0.25) is 0 Å². The summed E-state index contributed by atoms with van der Waals surface area (Å²) < 4.78 is 0. The van der Waals surface area contributed by atoms with Crippen LogP contribution in [0.1, 0.15) is 44.1 Å². The molecule has 0 aliphatic carbocycles. The number of piperidine rings is 1. The van der Waals surface area contributed by atoms with Crippen LogP contribution in [0.15, 0.2) is 30.3 Å². The minimum absolute atomic E-state index is 0.0672. The van der Waals surface area contributed by atoms with E-state index in [0.29, 0.717) is 5.92 Å². The molecule has 1 aromatic carbocycles. The molecule has 1 fully saturated rings. The SMILES string of the molecule is Cc1cc(N2CCC3(CC2)Nc2ccccc2NC3=O)nc(C(C)C)n1. The summed E-state index contributed by atoms with van der Waals surface area (Å²) in [5, 5.41) is 6.57. The first-order chi connectivity index (χ1) is 12.5. The molecule has 2 aliphatic rings. The third-order valence-corrected chi connectivity index (χ3v) is 5.30. The van der Waals surface area contributed by atoms with Crippen molar-refractivity contribution < 1.29 is 4.79 Å². The van der Waals surface area contributed by atoms with Gasteiger partial charge in [-0.2, -0.15) is 0 Å². The number of carbonyl (C=O) groups is 1. The summed E-state index contributed by atoms with van der Waals surface area (Å²) >= 11 is 0. The number of aryl methyl sites for hydroxylation is 1. The normalized spacial score (nSPS) is 18.5. The molecule has 0 saturated carbocycles. The van der Waals surface area contributed by atoms with Crippen molar-refractivity contribution in [1.82, 2.24) is 9.97 Å². The summed E-state index contributed by atoms with van der Waals surface area (Å²) in [6.07, 6.45) is 1.49. The van der Waals surface area contributed by atoms with Crippen LogP contribution in [-0.4, -0.2) is 34.5 Å². The Morgan fingerprint density at radius 2 is 1.81 bits per heavy atom. The molecule has 136 valence electrons. The van der Waals surface area contributed by atoms with Gasteiger partial charge < -0.3 is 15.5 Å². The number of hydrogen-bond donors (Lipinski definition) is 2. The highest BCUT2D eigenvalue weighted by Crippen LogP contribution is 2.37. The maximum Gasteiger partial charge on any atom is 0.250 e. The summed E-state index contributed by atoms with van der Waals surface area (Å²) in [6.45, 7) is 7.80. The molecular weight excluding hydrogens is 326 g/mol.